The molecule has 3 aromatic heterocycles. The first kappa shape index (κ1) is 27.5. The number of anilines is 3. The summed E-state index contributed by atoms with van der Waals surface area (Å²) in [5.41, 5.74) is 6.26. The summed E-state index contributed by atoms with van der Waals surface area (Å²) in [4.78, 5) is 4.88. The highest BCUT2D eigenvalue weighted by molar-refractivity contribution is 7.19. The molecule has 204 valence electrons. The Morgan fingerprint density at radius 1 is 0.605 bits per heavy atom. The molecule has 0 unspecified atom stereocenters. The van der Waals surface area contributed by atoms with E-state index in [-0.39, 0.29) is 11.1 Å². The van der Waals surface area contributed by atoms with Gasteiger partial charge in [0.15, 0.2) is 0 Å². The van der Waals surface area contributed by atoms with Crippen molar-refractivity contribution in [2.24, 2.45) is 0 Å². The molecular weight excluding hydrogens is 567 g/mol. The van der Waals surface area contributed by atoms with Gasteiger partial charge in [-0.05, 0) is 79.7 Å². The molecule has 0 bridgehead atoms. The molecule has 5 nitrogen and oxygen atoms in total. The van der Waals surface area contributed by atoms with Gasteiger partial charge in [0.25, 0.3) is 0 Å². The predicted octanol–water partition coefficient (Wildman–Crippen LogP) is 10.0. The fourth-order valence-corrected chi connectivity index (χ4v) is 7.00. The molecule has 6 aromatic rings. The summed E-state index contributed by atoms with van der Waals surface area (Å²) in [5, 5.41) is 29.5. The molecule has 0 aliphatic carbocycles. The zero-order chi connectivity index (χ0) is 29.8. The average molecular weight is 590 g/mol. The number of rotatable bonds is 7. The number of allylic oxidation sites excluding steroid dienone is 2. The lowest BCUT2D eigenvalue weighted by molar-refractivity contribution is 1.10. The van der Waals surface area contributed by atoms with Gasteiger partial charge >= 0.3 is 0 Å². The number of thiophene rings is 2. The van der Waals surface area contributed by atoms with Crippen LogP contribution in [0.25, 0.3) is 32.4 Å². The van der Waals surface area contributed by atoms with Crippen molar-refractivity contribution >= 4 is 44.6 Å². The molecule has 3 heterocycles. The number of nitrogens with zero attached hydrogens (tertiary/aromatic N) is 5. The Kier molecular flexibility index (Phi) is 7.72. The molecule has 0 N–H and O–H groups in total. The van der Waals surface area contributed by atoms with E-state index in [0.717, 1.165) is 43.2 Å². The molecule has 43 heavy (non-hydrogen) atoms. The summed E-state index contributed by atoms with van der Waals surface area (Å²) >= 11 is 3.11. The van der Waals surface area contributed by atoms with Gasteiger partial charge in [0.05, 0.1) is 26.7 Å². The van der Waals surface area contributed by atoms with Gasteiger partial charge in [0.2, 0.25) is 0 Å². The second-order valence-corrected chi connectivity index (χ2v) is 11.8. The van der Waals surface area contributed by atoms with Crippen LogP contribution in [0.5, 0.6) is 0 Å². The zero-order valence-corrected chi connectivity index (χ0v) is 24.7. The van der Waals surface area contributed by atoms with Crippen molar-refractivity contribution in [1.82, 2.24) is 4.57 Å². The molecule has 0 amide bonds. The third-order valence-electron chi connectivity index (χ3n) is 6.96. The fraction of sp³-hybridized carbons (Fsp3) is 0.0278. The smallest absolute Gasteiger partial charge is 0.148 e. The Hall–Kier alpha value is -5.65. The largest absolute Gasteiger partial charge is 0.308 e. The molecule has 0 aliphatic heterocycles. The first-order valence-corrected chi connectivity index (χ1v) is 15.1. The van der Waals surface area contributed by atoms with E-state index < -0.39 is 0 Å². The zero-order valence-electron chi connectivity index (χ0n) is 23.1. The third-order valence-corrected chi connectivity index (χ3v) is 9.17. The molecule has 0 radical (unpaired) electrons. The second kappa shape index (κ2) is 12.1. The molecule has 0 aliphatic rings. The monoisotopic (exact) mass is 589 g/mol. The van der Waals surface area contributed by atoms with Crippen molar-refractivity contribution < 1.29 is 0 Å². The number of nitriles is 3. The van der Waals surface area contributed by atoms with Crippen LogP contribution in [0, 0.1) is 40.9 Å². The molecule has 0 atom stereocenters. The van der Waals surface area contributed by atoms with Crippen molar-refractivity contribution in [3.8, 4) is 45.0 Å². The Morgan fingerprint density at radius 3 is 1.72 bits per heavy atom. The molecule has 7 heteroatoms. The predicted molar refractivity (Wildman–Crippen MR) is 176 cm³/mol. The number of hydrogen-bond donors (Lipinski definition) is 0. The van der Waals surface area contributed by atoms with Crippen LogP contribution in [0.3, 0.4) is 0 Å². The number of benzene rings is 3. The lowest BCUT2D eigenvalue weighted by Crippen LogP contribution is -2.07. The Labute approximate surface area is 258 Å². The maximum Gasteiger partial charge on any atom is 0.148 e. The van der Waals surface area contributed by atoms with Gasteiger partial charge in [-0.25, -0.2) is 0 Å². The quantitative estimate of drug-likeness (QED) is 0.174. The van der Waals surface area contributed by atoms with Crippen molar-refractivity contribution in [2.45, 2.75) is 6.92 Å². The normalized spacial score (nSPS) is 10.4. The van der Waals surface area contributed by atoms with E-state index >= 15 is 0 Å². The van der Waals surface area contributed by atoms with Gasteiger partial charge in [-0.1, -0.05) is 54.1 Å². The summed E-state index contributed by atoms with van der Waals surface area (Å²) in [5.74, 6) is 0. The highest BCUT2D eigenvalue weighted by Crippen LogP contribution is 2.44. The second-order valence-electron chi connectivity index (χ2n) is 9.67. The molecule has 0 saturated carbocycles. The Balaban J connectivity index is 1.48. The van der Waals surface area contributed by atoms with Crippen molar-refractivity contribution in [1.29, 1.82) is 15.8 Å². The summed E-state index contributed by atoms with van der Waals surface area (Å²) < 4.78 is 2.23. The van der Waals surface area contributed by atoms with Crippen LogP contribution in [-0.4, -0.2) is 4.57 Å². The summed E-state index contributed by atoms with van der Waals surface area (Å²) in [6.45, 7) is 2.07. The molecular formula is C36H23N5S2. The van der Waals surface area contributed by atoms with Gasteiger partial charge in [-0.2, -0.15) is 15.8 Å². The van der Waals surface area contributed by atoms with Gasteiger partial charge in [0, 0.05) is 21.9 Å². The SMILES string of the molecule is Cc1ccc(-n2c(-c3ccc(C(C#N)=C(C#N)C#N)s3)ccc2-c2ccc(N(c3ccccc3)c3ccccc3)s2)cc1. The maximum atomic E-state index is 9.70. The molecule has 0 fully saturated rings. The fourth-order valence-electron chi connectivity index (χ4n) is 4.92. The van der Waals surface area contributed by atoms with Crippen LogP contribution in [0.4, 0.5) is 16.4 Å². The van der Waals surface area contributed by atoms with Gasteiger partial charge in [0.1, 0.15) is 28.8 Å². The third kappa shape index (κ3) is 5.37. The number of aromatic nitrogens is 1. The first-order chi connectivity index (χ1) is 21.1. The van der Waals surface area contributed by atoms with E-state index in [1.54, 1.807) is 17.4 Å². The number of aryl methyl sites for hydroxylation is 1. The Bertz CT molecular complexity index is 2000. The van der Waals surface area contributed by atoms with E-state index in [4.69, 9.17) is 0 Å². The van der Waals surface area contributed by atoms with Crippen molar-refractivity contribution in [3.05, 3.63) is 137 Å². The van der Waals surface area contributed by atoms with E-state index in [0.29, 0.717) is 4.88 Å². The standard InChI is InChI=1S/C36H23N5S2/c1-25-12-14-29(15-13-25)41-31(34-19-18-33(42-34)30(24-39)26(22-37)23-38)16-17-32(41)35-20-21-36(43-35)40(27-8-4-2-5-9-27)28-10-6-3-7-11-28/h2-21H,1H3. The van der Waals surface area contributed by atoms with E-state index in [1.807, 2.05) is 60.7 Å². The average Bonchev–Trinajstić information content (AvgIpc) is 3.82. The summed E-state index contributed by atoms with van der Waals surface area (Å²) in [7, 11) is 0. The Morgan fingerprint density at radius 2 is 1.16 bits per heavy atom. The highest BCUT2D eigenvalue weighted by atomic mass is 32.1. The first-order valence-electron chi connectivity index (χ1n) is 13.5. The maximum absolute atomic E-state index is 9.70. The molecule has 0 spiro atoms. The summed E-state index contributed by atoms with van der Waals surface area (Å²) in [6, 6.07) is 47.1. The van der Waals surface area contributed by atoms with Crippen LogP contribution >= 0.6 is 22.7 Å². The van der Waals surface area contributed by atoms with E-state index in [1.165, 1.54) is 16.9 Å². The minimum Gasteiger partial charge on any atom is -0.308 e. The van der Waals surface area contributed by atoms with Crippen LogP contribution in [0.1, 0.15) is 10.4 Å². The lowest BCUT2D eigenvalue weighted by Gasteiger charge is -2.23. The van der Waals surface area contributed by atoms with Crippen molar-refractivity contribution in [3.63, 3.8) is 0 Å². The van der Waals surface area contributed by atoms with E-state index in [2.05, 4.69) is 89.2 Å². The topological polar surface area (TPSA) is 79.5 Å². The molecule has 6 rings (SSSR count). The van der Waals surface area contributed by atoms with Crippen LogP contribution in [0.2, 0.25) is 0 Å². The van der Waals surface area contributed by atoms with E-state index in [9.17, 15) is 15.8 Å². The van der Waals surface area contributed by atoms with Gasteiger partial charge < -0.3 is 9.47 Å². The molecule has 3 aromatic carbocycles. The molecule has 0 saturated heterocycles. The highest BCUT2D eigenvalue weighted by Gasteiger charge is 2.20. The number of para-hydroxylation sites is 2. The van der Waals surface area contributed by atoms with Gasteiger partial charge in [-0.3, -0.25) is 0 Å². The minimum absolute atomic E-state index is 0.0970. The van der Waals surface area contributed by atoms with Crippen LogP contribution < -0.4 is 4.90 Å². The van der Waals surface area contributed by atoms with Gasteiger partial charge in [-0.15, -0.1) is 22.7 Å². The van der Waals surface area contributed by atoms with Crippen LogP contribution in [-0.2, 0) is 0 Å². The summed E-state index contributed by atoms with van der Waals surface area (Å²) in [6.07, 6.45) is 0. The lowest BCUT2D eigenvalue weighted by atomic mass is 10.1. The minimum atomic E-state index is -0.182. The number of hydrogen-bond acceptors (Lipinski definition) is 6. The van der Waals surface area contributed by atoms with Crippen molar-refractivity contribution in [2.75, 3.05) is 4.90 Å². The van der Waals surface area contributed by atoms with Crippen LogP contribution in [0.15, 0.2) is 127 Å².